The van der Waals surface area contributed by atoms with E-state index < -0.39 is 0 Å². The molecule has 6 nitrogen and oxygen atoms in total. The first-order chi connectivity index (χ1) is 10.3. The van der Waals surface area contributed by atoms with Crippen molar-refractivity contribution in [1.29, 1.82) is 0 Å². The van der Waals surface area contributed by atoms with Gasteiger partial charge in [-0.1, -0.05) is 0 Å². The van der Waals surface area contributed by atoms with Crippen molar-refractivity contribution in [3.63, 3.8) is 0 Å². The Bertz CT molecular complexity index is 503. The molecule has 0 radical (unpaired) electrons. The molecule has 2 aliphatic rings. The minimum atomic E-state index is 0.0420. The molecule has 0 unspecified atom stereocenters. The van der Waals surface area contributed by atoms with E-state index >= 15 is 0 Å². The van der Waals surface area contributed by atoms with E-state index in [1.807, 2.05) is 24.0 Å². The van der Waals surface area contributed by atoms with Crippen molar-refractivity contribution in [2.45, 2.75) is 13.0 Å². The number of anilines is 1. The Kier molecular flexibility index (Phi) is 4.36. The van der Waals surface area contributed by atoms with Gasteiger partial charge in [0.05, 0.1) is 38.0 Å². The summed E-state index contributed by atoms with van der Waals surface area (Å²) in [5.41, 5.74) is 0.674. The predicted octanol–water partition coefficient (Wildman–Crippen LogP) is 0.779. The molecule has 0 N–H and O–H groups in total. The Balaban J connectivity index is 1.85. The molecule has 114 valence electrons. The molecule has 0 aromatic carbocycles. The van der Waals surface area contributed by atoms with E-state index in [1.54, 1.807) is 6.20 Å². The lowest BCUT2D eigenvalue weighted by molar-refractivity contribution is 0.00359. The molecule has 3 heterocycles. The second kappa shape index (κ2) is 6.41. The predicted molar refractivity (Wildman–Crippen MR) is 78.6 cm³/mol. The number of amides is 1. The molecule has 1 aromatic rings. The maximum atomic E-state index is 12.8. The molecule has 21 heavy (non-hydrogen) atoms. The molecule has 2 saturated heterocycles. The van der Waals surface area contributed by atoms with Crippen molar-refractivity contribution < 1.29 is 14.3 Å². The largest absolute Gasteiger partial charge is 0.378 e. The standard InChI is InChI=1S/C15H21N3O3/c1-12-11-21-10-7-18(12)15(19)13-3-2-4-16-14(13)17-5-8-20-9-6-17/h2-4,12H,5-11H2,1H3/t12-/m1/s1. The molecule has 3 rings (SSSR count). The topological polar surface area (TPSA) is 54.9 Å². The number of ether oxygens (including phenoxy) is 2. The summed E-state index contributed by atoms with van der Waals surface area (Å²) in [5.74, 6) is 0.810. The van der Waals surface area contributed by atoms with Crippen LogP contribution in [0.1, 0.15) is 17.3 Å². The average molecular weight is 291 g/mol. The fourth-order valence-corrected chi connectivity index (χ4v) is 2.77. The molecule has 1 amide bonds. The van der Waals surface area contributed by atoms with Gasteiger partial charge in [-0.25, -0.2) is 4.98 Å². The third-order valence-corrected chi connectivity index (χ3v) is 3.96. The highest BCUT2D eigenvalue weighted by Gasteiger charge is 2.28. The zero-order chi connectivity index (χ0) is 14.7. The summed E-state index contributed by atoms with van der Waals surface area (Å²) in [5, 5.41) is 0. The Hall–Kier alpha value is -1.66. The van der Waals surface area contributed by atoms with Gasteiger partial charge in [0.15, 0.2) is 0 Å². The van der Waals surface area contributed by atoms with E-state index in [-0.39, 0.29) is 11.9 Å². The minimum Gasteiger partial charge on any atom is -0.378 e. The quantitative estimate of drug-likeness (QED) is 0.806. The van der Waals surface area contributed by atoms with E-state index in [0.29, 0.717) is 38.5 Å². The second-order valence-corrected chi connectivity index (χ2v) is 5.40. The molecular weight excluding hydrogens is 270 g/mol. The number of pyridine rings is 1. The van der Waals surface area contributed by atoms with E-state index in [0.717, 1.165) is 18.9 Å². The minimum absolute atomic E-state index is 0.0420. The van der Waals surface area contributed by atoms with Crippen molar-refractivity contribution in [3.8, 4) is 0 Å². The summed E-state index contributed by atoms with van der Waals surface area (Å²) in [6, 6.07) is 3.79. The number of hydrogen-bond acceptors (Lipinski definition) is 5. The van der Waals surface area contributed by atoms with E-state index in [4.69, 9.17) is 9.47 Å². The van der Waals surface area contributed by atoms with Crippen LogP contribution in [0.2, 0.25) is 0 Å². The Morgan fingerprint density at radius 2 is 2.00 bits per heavy atom. The van der Waals surface area contributed by atoms with E-state index in [9.17, 15) is 4.79 Å². The molecule has 1 atom stereocenters. The third kappa shape index (κ3) is 3.01. The third-order valence-electron chi connectivity index (χ3n) is 3.96. The molecule has 6 heteroatoms. The van der Waals surface area contributed by atoms with Crippen LogP contribution in [0.25, 0.3) is 0 Å². The smallest absolute Gasteiger partial charge is 0.258 e. The molecule has 0 aliphatic carbocycles. The van der Waals surface area contributed by atoms with Crippen molar-refractivity contribution in [2.75, 3.05) is 51.0 Å². The highest BCUT2D eigenvalue weighted by molar-refractivity contribution is 5.99. The average Bonchev–Trinajstić information content (AvgIpc) is 2.55. The van der Waals surface area contributed by atoms with Crippen LogP contribution in [-0.2, 0) is 9.47 Å². The number of rotatable bonds is 2. The van der Waals surface area contributed by atoms with Crippen LogP contribution in [0, 0.1) is 0 Å². The molecule has 0 spiro atoms. The van der Waals surface area contributed by atoms with Crippen molar-refractivity contribution in [1.82, 2.24) is 9.88 Å². The molecule has 0 bridgehead atoms. The summed E-state index contributed by atoms with van der Waals surface area (Å²) in [7, 11) is 0. The van der Waals surface area contributed by atoms with Gasteiger partial charge in [0.1, 0.15) is 5.82 Å². The van der Waals surface area contributed by atoms with Gasteiger partial charge < -0.3 is 19.3 Å². The Labute approximate surface area is 124 Å². The van der Waals surface area contributed by atoms with Crippen molar-refractivity contribution in [2.24, 2.45) is 0 Å². The summed E-state index contributed by atoms with van der Waals surface area (Å²) in [6.07, 6.45) is 1.74. The number of aromatic nitrogens is 1. The first-order valence-corrected chi connectivity index (χ1v) is 7.44. The zero-order valence-electron chi connectivity index (χ0n) is 12.3. The Morgan fingerprint density at radius 1 is 1.24 bits per heavy atom. The van der Waals surface area contributed by atoms with Gasteiger partial charge in [0.25, 0.3) is 5.91 Å². The maximum absolute atomic E-state index is 12.8. The number of hydrogen-bond donors (Lipinski definition) is 0. The lowest BCUT2D eigenvalue weighted by Crippen LogP contribution is -2.47. The molecule has 0 saturated carbocycles. The molecule has 1 aromatic heterocycles. The van der Waals surface area contributed by atoms with Gasteiger partial charge in [-0.2, -0.15) is 0 Å². The van der Waals surface area contributed by atoms with Gasteiger partial charge in [0, 0.05) is 25.8 Å². The van der Waals surface area contributed by atoms with Gasteiger partial charge in [-0.15, -0.1) is 0 Å². The number of carbonyl (C=O) groups excluding carboxylic acids is 1. The fraction of sp³-hybridized carbons (Fsp3) is 0.600. The molecule has 2 fully saturated rings. The highest BCUT2D eigenvalue weighted by Crippen LogP contribution is 2.22. The SMILES string of the molecule is C[C@@H]1COCCN1C(=O)c1cccnc1N1CCOCC1. The van der Waals surface area contributed by atoms with Crippen LogP contribution in [0.5, 0.6) is 0 Å². The number of morpholine rings is 2. The van der Waals surface area contributed by atoms with Crippen molar-refractivity contribution >= 4 is 11.7 Å². The maximum Gasteiger partial charge on any atom is 0.258 e. The number of carbonyl (C=O) groups is 1. The van der Waals surface area contributed by atoms with Crippen LogP contribution >= 0.6 is 0 Å². The normalized spacial score (nSPS) is 23.2. The van der Waals surface area contributed by atoms with Crippen LogP contribution in [-0.4, -0.2) is 67.9 Å². The van der Waals surface area contributed by atoms with E-state index in [1.165, 1.54) is 0 Å². The lowest BCUT2D eigenvalue weighted by atomic mass is 10.1. The summed E-state index contributed by atoms with van der Waals surface area (Å²) in [4.78, 5) is 21.3. The monoisotopic (exact) mass is 291 g/mol. The molecule has 2 aliphatic heterocycles. The Morgan fingerprint density at radius 3 is 2.76 bits per heavy atom. The lowest BCUT2D eigenvalue weighted by Gasteiger charge is -2.35. The second-order valence-electron chi connectivity index (χ2n) is 5.40. The van der Waals surface area contributed by atoms with Crippen molar-refractivity contribution in [3.05, 3.63) is 23.9 Å². The summed E-state index contributed by atoms with van der Waals surface area (Å²) in [6.45, 7) is 6.75. The van der Waals surface area contributed by atoms with Crippen LogP contribution in [0.15, 0.2) is 18.3 Å². The van der Waals surface area contributed by atoms with Crippen LogP contribution < -0.4 is 4.90 Å². The highest BCUT2D eigenvalue weighted by atomic mass is 16.5. The molecular formula is C15H21N3O3. The number of nitrogens with zero attached hydrogens (tertiary/aromatic N) is 3. The van der Waals surface area contributed by atoms with Gasteiger partial charge in [-0.05, 0) is 19.1 Å². The summed E-state index contributed by atoms with van der Waals surface area (Å²) < 4.78 is 10.8. The van der Waals surface area contributed by atoms with Crippen LogP contribution in [0.3, 0.4) is 0 Å². The van der Waals surface area contributed by atoms with Gasteiger partial charge >= 0.3 is 0 Å². The fourth-order valence-electron chi connectivity index (χ4n) is 2.77. The van der Waals surface area contributed by atoms with Gasteiger partial charge in [-0.3, -0.25) is 4.79 Å². The van der Waals surface area contributed by atoms with E-state index in [2.05, 4.69) is 9.88 Å². The summed E-state index contributed by atoms with van der Waals surface area (Å²) >= 11 is 0. The first kappa shape index (κ1) is 14.3. The van der Waals surface area contributed by atoms with Gasteiger partial charge in [0.2, 0.25) is 0 Å². The van der Waals surface area contributed by atoms with Crippen LogP contribution in [0.4, 0.5) is 5.82 Å². The first-order valence-electron chi connectivity index (χ1n) is 7.44. The zero-order valence-corrected chi connectivity index (χ0v) is 12.3.